The Morgan fingerprint density at radius 3 is 2.67 bits per heavy atom. The Hall–Kier alpha value is -1.73. The fourth-order valence-electron chi connectivity index (χ4n) is 2.57. The lowest BCUT2D eigenvalue weighted by Crippen LogP contribution is -2.57. The Labute approximate surface area is 122 Å². The number of rotatable bonds is 5. The number of primary amides is 1. The molecule has 1 saturated heterocycles. The number of amides is 1. The van der Waals surface area contributed by atoms with E-state index in [-0.39, 0.29) is 23.7 Å². The minimum absolute atomic E-state index is 0.0369. The third-order valence-corrected chi connectivity index (χ3v) is 3.70. The summed E-state index contributed by atoms with van der Waals surface area (Å²) in [5.74, 6) is -0.251. The van der Waals surface area contributed by atoms with Gasteiger partial charge in [-0.1, -0.05) is 12.1 Å². The van der Waals surface area contributed by atoms with Crippen molar-refractivity contribution in [2.24, 2.45) is 5.73 Å². The minimum atomic E-state index is -2.83. The van der Waals surface area contributed by atoms with E-state index in [1.165, 1.54) is 12.1 Å². The van der Waals surface area contributed by atoms with E-state index < -0.39 is 6.61 Å². The zero-order chi connectivity index (χ0) is 15.4. The number of carbonyl (C=O) groups excluding carboxylic acids is 1. The van der Waals surface area contributed by atoms with Crippen LogP contribution in [0.1, 0.15) is 18.5 Å². The van der Waals surface area contributed by atoms with Crippen LogP contribution in [0.5, 0.6) is 5.75 Å². The van der Waals surface area contributed by atoms with Crippen molar-refractivity contribution in [1.82, 2.24) is 10.2 Å². The second kappa shape index (κ2) is 6.82. The molecule has 1 aromatic rings. The van der Waals surface area contributed by atoms with Gasteiger partial charge in [0.05, 0.1) is 0 Å². The van der Waals surface area contributed by atoms with Gasteiger partial charge in [-0.2, -0.15) is 8.78 Å². The highest BCUT2D eigenvalue weighted by Crippen LogP contribution is 2.25. The summed E-state index contributed by atoms with van der Waals surface area (Å²) >= 11 is 0. The van der Waals surface area contributed by atoms with Crippen molar-refractivity contribution in [2.45, 2.75) is 25.6 Å². The van der Waals surface area contributed by atoms with Crippen LogP contribution < -0.4 is 15.8 Å². The highest BCUT2D eigenvalue weighted by molar-refractivity contribution is 5.80. The summed E-state index contributed by atoms with van der Waals surface area (Å²) in [5, 5.41) is 3.14. The number of piperazine rings is 1. The molecule has 1 aliphatic rings. The zero-order valence-corrected chi connectivity index (χ0v) is 11.8. The lowest BCUT2D eigenvalue weighted by atomic mass is 10.0. The molecule has 1 heterocycles. The van der Waals surface area contributed by atoms with Gasteiger partial charge in [-0.05, 0) is 24.6 Å². The standard InChI is InChI=1S/C14H19F2N3O2/c1-9(19-7-6-18-8-12(19)13(17)20)10-2-4-11(5-3-10)21-14(15)16/h2-5,9,12,14,18H,6-8H2,1H3,(H2,17,20). The first-order chi connectivity index (χ1) is 9.99. The van der Waals surface area contributed by atoms with E-state index in [1.807, 2.05) is 11.8 Å². The van der Waals surface area contributed by atoms with E-state index >= 15 is 0 Å². The van der Waals surface area contributed by atoms with E-state index in [1.54, 1.807) is 12.1 Å². The Morgan fingerprint density at radius 1 is 1.43 bits per heavy atom. The first-order valence-corrected chi connectivity index (χ1v) is 6.79. The highest BCUT2D eigenvalue weighted by atomic mass is 19.3. The number of alkyl halides is 2. The second-order valence-electron chi connectivity index (χ2n) is 4.98. The van der Waals surface area contributed by atoms with Crippen LogP contribution in [0.2, 0.25) is 0 Å². The van der Waals surface area contributed by atoms with Gasteiger partial charge in [0, 0.05) is 25.7 Å². The number of nitrogens with one attached hydrogen (secondary N) is 1. The van der Waals surface area contributed by atoms with Gasteiger partial charge in [0.2, 0.25) is 5.91 Å². The van der Waals surface area contributed by atoms with E-state index in [4.69, 9.17) is 5.73 Å². The first kappa shape index (κ1) is 15.7. The first-order valence-electron chi connectivity index (χ1n) is 6.79. The maximum atomic E-state index is 12.1. The molecule has 2 unspecified atom stereocenters. The van der Waals surface area contributed by atoms with Crippen molar-refractivity contribution in [3.05, 3.63) is 29.8 Å². The Kier molecular flexibility index (Phi) is 5.08. The van der Waals surface area contributed by atoms with Crippen LogP contribution in [-0.2, 0) is 4.79 Å². The largest absolute Gasteiger partial charge is 0.435 e. The molecule has 0 bridgehead atoms. The molecular formula is C14H19F2N3O2. The van der Waals surface area contributed by atoms with Crippen LogP contribution in [0.15, 0.2) is 24.3 Å². The van der Waals surface area contributed by atoms with Crippen molar-refractivity contribution in [2.75, 3.05) is 19.6 Å². The predicted molar refractivity (Wildman–Crippen MR) is 74.0 cm³/mol. The molecule has 1 aliphatic heterocycles. The van der Waals surface area contributed by atoms with Crippen molar-refractivity contribution < 1.29 is 18.3 Å². The van der Waals surface area contributed by atoms with Gasteiger partial charge in [-0.15, -0.1) is 0 Å². The molecule has 1 fully saturated rings. The molecule has 21 heavy (non-hydrogen) atoms. The summed E-state index contributed by atoms with van der Waals surface area (Å²) in [7, 11) is 0. The summed E-state index contributed by atoms with van der Waals surface area (Å²) in [6.07, 6.45) is 0. The molecule has 7 heteroatoms. The molecule has 0 saturated carbocycles. The molecule has 0 spiro atoms. The van der Waals surface area contributed by atoms with Crippen LogP contribution in [-0.4, -0.2) is 43.1 Å². The molecule has 0 aromatic heterocycles. The molecule has 2 rings (SSSR count). The molecule has 0 aliphatic carbocycles. The number of hydrogen-bond acceptors (Lipinski definition) is 4. The summed E-state index contributed by atoms with van der Waals surface area (Å²) in [5.41, 5.74) is 6.35. The molecule has 116 valence electrons. The third kappa shape index (κ3) is 3.89. The van der Waals surface area contributed by atoms with Gasteiger partial charge >= 0.3 is 6.61 Å². The Bertz CT molecular complexity index is 482. The predicted octanol–water partition coefficient (Wildman–Crippen LogP) is 1.11. The van der Waals surface area contributed by atoms with Crippen LogP contribution in [0.3, 0.4) is 0 Å². The summed E-state index contributed by atoms with van der Waals surface area (Å²) < 4.78 is 28.6. The number of nitrogens with zero attached hydrogens (tertiary/aromatic N) is 1. The fourth-order valence-corrected chi connectivity index (χ4v) is 2.57. The SMILES string of the molecule is CC(c1ccc(OC(F)F)cc1)N1CCNCC1C(N)=O. The van der Waals surface area contributed by atoms with E-state index in [0.717, 1.165) is 12.1 Å². The molecule has 1 amide bonds. The Balaban J connectivity index is 2.10. The van der Waals surface area contributed by atoms with Crippen LogP contribution in [0.4, 0.5) is 8.78 Å². The van der Waals surface area contributed by atoms with Gasteiger partial charge < -0.3 is 15.8 Å². The molecule has 1 aromatic carbocycles. The quantitative estimate of drug-likeness (QED) is 0.854. The number of carbonyl (C=O) groups is 1. The van der Waals surface area contributed by atoms with Gasteiger partial charge in [-0.3, -0.25) is 9.69 Å². The van der Waals surface area contributed by atoms with Crippen molar-refractivity contribution in [3.8, 4) is 5.75 Å². The fraction of sp³-hybridized carbons (Fsp3) is 0.500. The van der Waals surface area contributed by atoms with Gasteiger partial charge in [0.1, 0.15) is 11.8 Å². The number of halogens is 2. The topological polar surface area (TPSA) is 67.6 Å². The number of nitrogens with two attached hydrogens (primary N) is 1. The maximum Gasteiger partial charge on any atom is 0.387 e. The normalized spacial score (nSPS) is 21.2. The van der Waals surface area contributed by atoms with E-state index in [0.29, 0.717) is 13.1 Å². The molecule has 5 nitrogen and oxygen atoms in total. The lowest BCUT2D eigenvalue weighted by Gasteiger charge is -2.38. The van der Waals surface area contributed by atoms with Crippen molar-refractivity contribution >= 4 is 5.91 Å². The summed E-state index contributed by atoms with van der Waals surface area (Å²) in [4.78, 5) is 13.5. The minimum Gasteiger partial charge on any atom is -0.435 e. The zero-order valence-electron chi connectivity index (χ0n) is 11.8. The smallest absolute Gasteiger partial charge is 0.387 e. The van der Waals surface area contributed by atoms with Crippen molar-refractivity contribution in [3.63, 3.8) is 0 Å². The van der Waals surface area contributed by atoms with Gasteiger partial charge in [0.15, 0.2) is 0 Å². The second-order valence-corrected chi connectivity index (χ2v) is 4.98. The summed E-state index contributed by atoms with van der Waals surface area (Å²) in [6.45, 7) is 1.13. The third-order valence-electron chi connectivity index (χ3n) is 3.70. The van der Waals surface area contributed by atoms with Crippen LogP contribution in [0, 0.1) is 0 Å². The van der Waals surface area contributed by atoms with E-state index in [9.17, 15) is 13.6 Å². The van der Waals surface area contributed by atoms with Crippen molar-refractivity contribution in [1.29, 1.82) is 0 Å². The summed E-state index contributed by atoms with van der Waals surface area (Å²) in [6, 6.07) is 6.04. The average molecular weight is 299 g/mol. The average Bonchev–Trinajstić information content (AvgIpc) is 2.46. The van der Waals surface area contributed by atoms with Crippen LogP contribution in [0.25, 0.3) is 0 Å². The van der Waals surface area contributed by atoms with Crippen LogP contribution >= 0.6 is 0 Å². The van der Waals surface area contributed by atoms with Gasteiger partial charge in [0.25, 0.3) is 0 Å². The molecule has 0 radical (unpaired) electrons. The number of hydrogen-bond donors (Lipinski definition) is 2. The highest BCUT2D eigenvalue weighted by Gasteiger charge is 2.30. The lowest BCUT2D eigenvalue weighted by molar-refractivity contribution is -0.124. The number of benzene rings is 1. The molecule has 2 atom stereocenters. The van der Waals surface area contributed by atoms with E-state index in [2.05, 4.69) is 10.1 Å². The maximum absolute atomic E-state index is 12.1. The monoisotopic (exact) mass is 299 g/mol. The van der Waals surface area contributed by atoms with Gasteiger partial charge in [-0.25, -0.2) is 0 Å². The molecule has 3 N–H and O–H groups in total. The molecular weight excluding hydrogens is 280 g/mol. The Morgan fingerprint density at radius 2 is 2.10 bits per heavy atom. The number of ether oxygens (including phenoxy) is 1.